The predicted octanol–water partition coefficient (Wildman–Crippen LogP) is 3.36. The lowest BCUT2D eigenvalue weighted by Crippen LogP contribution is -1.88. The van der Waals surface area contributed by atoms with Crippen molar-refractivity contribution in [3.8, 4) is 11.1 Å². The van der Waals surface area contributed by atoms with Crippen LogP contribution < -0.4 is 0 Å². The van der Waals surface area contributed by atoms with Gasteiger partial charge in [-0.2, -0.15) is 0 Å². The lowest BCUT2D eigenvalue weighted by Gasteiger charge is -2.06. The van der Waals surface area contributed by atoms with Crippen molar-refractivity contribution in [2.24, 2.45) is 0 Å². The molecule has 2 aromatic rings. The summed E-state index contributed by atoms with van der Waals surface area (Å²) in [7, 11) is 0. The van der Waals surface area contributed by atoms with Crippen molar-refractivity contribution in [3.63, 3.8) is 0 Å². The fourth-order valence-electron chi connectivity index (χ4n) is 1.64. The van der Waals surface area contributed by atoms with Gasteiger partial charge >= 0.3 is 0 Å². The molecule has 0 aliphatic heterocycles. The Bertz CT molecular complexity index is 486. The largest absolute Gasteiger partial charge is 0.392 e. The van der Waals surface area contributed by atoms with Gasteiger partial charge in [0.15, 0.2) is 0 Å². The quantitative estimate of drug-likeness (QED) is 0.823. The van der Waals surface area contributed by atoms with Gasteiger partial charge in [-0.05, 0) is 28.3 Å². The maximum absolute atomic E-state index is 9.05. The minimum absolute atomic E-state index is 0.00174. The van der Waals surface area contributed by atoms with Gasteiger partial charge < -0.3 is 5.11 Å². The molecule has 0 heterocycles. The van der Waals surface area contributed by atoms with Crippen LogP contribution in [0.2, 0.25) is 0 Å². The number of hydrogen-bond donors (Lipinski definition) is 1. The van der Waals surface area contributed by atoms with Crippen LogP contribution in [0.25, 0.3) is 16.7 Å². The molecule has 1 heteroatoms. The van der Waals surface area contributed by atoms with E-state index in [1.54, 1.807) is 0 Å². The summed E-state index contributed by atoms with van der Waals surface area (Å²) in [6.07, 6.45) is 0. The average Bonchev–Trinajstić information content (AvgIpc) is 2.39. The van der Waals surface area contributed by atoms with Gasteiger partial charge in [0, 0.05) is 0 Å². The van der Waals surface area contributed by atoms with Crippen LogP contribution in [0.1, 0.15) is 5.56 Å². The molecule has 0 radical (unpaired) electrons. The van der Waals surface area contributed by atoms with Crippen molar-refractivity contribution < 1.29 is 5.11 Å². The summed E-state index contributed by atoms with van der Waals surface area (Å²) in [5.74, 6) is 0. The number of aliphatic hydroxyl groups excluding tert-OH is 1. The highest BCUT2D eigenvalue weighted by atomic mass is 16.3. The molecular formula is C15H14O. The second-order valence-electron chi connectivity index (χ2n) is 3.71. The second kappa shape index (κ2) is 4.77. The lowest BCUT2D eigenvalue weighted by atomic mass is 10.0. The first kappa shape index (κ1) is 10.7. The van der Waals surface area contributed by atoms with E-state index in [1.807, 2.05) is 36.4 Å². The fourth-order valence-corrected chi connectivity index (χ4v) is 1.64. The summed E-state index contributed by atoms with van der Waals surface area (Å²) in [5.41, 5.74) is 4.06. The minimum Gasteiger partial charge on any atom is -0.392 e. The zero-order valence-electron chi connectivity index (χ0n) is 9.06. The standard InChI is InChI=1S/C15H14O/c1-12(11-16)14-8-5-9-15(10-14)13-6-3-2-4-7-13/h2-10,16H,1,11H2. The number of benzene rings is 2. The second-order valence-corrected chi connectivity index (χ2v) is 3.71. The lowest BCUT2D eigenvalue weighted by molar-refractivity contribution is 0.350. The SMILES string of the molecule is C=C(CO)c1cccc(-c2ccccc2)c1. The Kier molecular flexibility index (Phi) is 3.18. The molecule has 0 spiro atoms. The van der Waals surface area contributed by atoms with E-state index >= 15 is 0 Å². The van der Waals surface area contributed by atoms with Crippen molar-refractivity contribution in [2.45, 2.75) is 0 Å². The van der Waals surface area contributed by atoms with Crippen molar-refractivity contribution >= 4 is 5.57 Å². The first-order valence-electron chi connectivity index (χ1n) is 5.26. The van der Waals surface area contributed by atoms with Gasteiger partial charge in [-0.15, -0.1) is 0 Å². The van der Waals surface area contributed by atoms with E-state index in [-0.39, 0.29) is 6.61 Å². The van der Waals surface area contributed by atoms with Gasteiger partial charge in [-0.25, -0.2) is 0 Å². The summed E-state index contributed by atoms with van der Waals surface area (Å²) in [6, 6.07) is 18.2. The molecule has 2 rings (SSSR count). The average molecular weight is 210 g/mol. The number of hydrogen-bond acceptors (Lipinski definition) is 1. The van der Waals surface area contributed by atoms with E-state index in [4.69, 9.17) is 5.11 Å². The van der Waals surface area contributed by atoms with Crippen molar-refractivity contribution in [1.29, 1.82) is 0 Å². The van der Waals surface area contributed by atoms with Gasteiger partial charge in [0.1, 0.15) is 0 Å². The van der Waals surface area contributed by atoms with Crippen LogP contribution in [0.4, 0.5) is 0 Å². The first-order chi connectivity index (χ1) is 7.81. The van der Waals surface area contributed by atoms with E-state index in [1.165, 1.54) is 5.56 Å². The van der Waals surface area contributed by atoms with Gasteiger partial charge in [0.25, 0.3) is 0 Å². The van der Waals surface area contributed by atoms with Crippen LogP contribution in [0.3, 0.4) is 0 Å². The number of aliphatic hydroxyl groups is 1. The molecule has 0 fully saturated rings. The molecule has 2 aromatic carbocycles. The molecule has 0 aromatic heterocycles. The van der Waals surface area contributed by atoms with Crippen LogP contribution >= 0.6 is 0 Å². The van der Waals surface area contributed by atoms with Gasteiger partial charge in [-0.1, -0.05) is 55.1 Å². The Labute approximate surface area is 95.7 Å². The summed E-state index contributed by atoms with van der Waals surface area (Å²) in [4.78, 5) is 0. The molecular weight excluding hydrogens is 196 g/mol. The Balaban J connectivity index is 2.40. The van der Waals surface area contributed by atoms with E-state index in [0.717, 1.165) is 16.7 Å². The minimum atomic E-state index is -0.00174. The normalized spacial score (nSPS) is 10.1. The predicted molar refractivity (Wildman–Crippen MR) is 68.0 cm³/mol. The van der Waals surface area contributed by atoms with Crippen LogP contribution in [-0.4, -0.2) is 11.7 Å². The fraction of sp³-hybridized carbons (Fsp3) is 0.0667. The Morgan fingerprint density at radius 2 is 1.62 bits per heavy atom. The highest BCUT2D eigenvalue weighted by Gasteiger charge is 2.00. The third-order valence-corrected chi connectivity index (χ3v) is 2.57. The molecule has 0 unspecified atom stereocenters. The first-order valence-corrected chi connectivity index (χ1v) is 5.26. The Hall–Kier alpha value is -1.86. The zero-order valence-corrected chi connectivity index (χ0v) is 9.06. The summed E-state index contributed by atoms with van der Waals surface area (Å²) >= 11 is 0. The molecule has 16 heavy (non-hydrogen) atoms. The molecule has 0 saturated heterocycles. The van der Waals surface area contributed by atoms with Gasteiger partial charge in [-0.3, -0.25) is 0 Å². The molecule has 1 N–H and O–H groups in total. The summed E-state index contributed by atoms with van der Waals surface area (Å²) < 4.78 is 0. The maximum atomic E-state index is 9.05. The molecule has 0 atom stereocenters. The molecule has 0 saturated carbocycles. The smallest absolute Gasteiger partial charge is 0.0681 e. The van der Waals surface area contributed by atoms with Crippen LogP contribution in [0, 0.1) is 0 Å². The third-order valence-electron chi connectivity index (χ3n) is 2.57. The highest BCUT2D eigenvalue weighted by Crippen LogP contribution is 2.22. The highest BCUT2D eigenvalue weighted by molar-refractivity contribution is 5.71. The van der Waals surface area contributed by atoms with Gasteiger partial charge in [0.2, 0.25) is 0 Å². The van der Waals surface area contributed by atoms with E-state index in [2.05, 4.69) is 24.8 Å². The Morgan fingerprint density at radius 1 is 0.938 bits per heavy atom. The summed E-state index contributed by atoms with van der Waals surface area (Å²) in [6.45, 7) is 3.83. The van der Waals surface area contributed by atoms with Crippen molar-refractivity contribution in [2.75, 3.05) is 6.61 Å². The maximum Gasteiger partial charge on any atom is 0.0681 e. The summed E-state index contributed by atoms with van der Waals surface area (Å²) in [5, 5.41) is 9.05. The monoisotopic (exact) mass is 210 g/mol. The van der Waals surface area contributed by atoms with E-state index in [9.17, 15) is 0 Å². The van der Waals surface area contributed by atoms with Gasteiger partial charge in [0.05, 0.1) is 6.61 Å². The number of rotatable bonds is 3. The van der Waals surface area contributed by atoms with E-state index < -0.39 is 0 Å². The molecule has 0 aliphatic carbocycles. The Morgan fingerprint density at radius 3 is 2.31 bits per heavy atom. The van der Waals surface area contributed by atoms with Crippen LogP contribution in [0.15, 0.2) is 61.2 Å². The van der Waals surface area contributed by atoms with Crippen molar-refractivity contribution in [3.05, 3.63) is 66.7 Å². The molecule has 0 aliphatic rings. The van der Waals surface area contributed by atoms with E-state index in [0.29, 0.717) is 0 Å². The van der Waals surface area contributed by atoms with Crippen LogP contribution in [-0.2, 0) is 0 Å². The van der Waals surface area contributed by atoms with Crippen LogP contribution in [0.5, 0.6) is 0 Å². The topological polar surface area (TPSA) is 20.2 Å². The zero-order chi connectivity index (χ0) is 11.4. The van der Waals surface area contributed by atoms with Crippen molar-refractivity contribution in [1.82, 2.24) is 0 Å². The molecule has 0 amide bonds. The molecule has 80 valence electrons. The molecule has 1 nitrogen and oxygen atoms in total. The third kappa shape index (κ3) is 2.20. The molecule has 0 bridgehead atoms.